The molecule has 0 atom stereocenters. The van der Waals surface area contributed by atoms with Gasteiger partial charge in [-0.2, -0.15) is 4.31 Å². The third kappa shape index (κ3) is 4.15. The zero-order valence-corrected chi connectivity index (χ0v) is 12.8. The van der Waals surface area contributed by atoms with E-state index in [0.29, 0.717) is 0 Å². The fourth-order valence-electron chi connectivity index (χ4n) is 1.31. The predicted molar refractivity (Wildman–Crippen MR) is 71.2 cm³/mol. The van der Waals surface area contributed by atoms with Crippen molar-refractivity contribution >= 4 is 29.8 Å². The van der Waals surface area contributed by atoms with Crippen molar-refractivity contribution < 1.29 is 21.6 Å². The molecule has 0 amide bonds. The van der Waals surface area contributed by atoms with Crippen LogP contribution in [0.4, 0.5) is 0 Å². The second kappa shape index (κ2) is 6.19. The molecule has 0 aliphatic rings. The first-order valence-electron chi connectivity index (χ1n) is 5.19. The van der Waals surface area contributed by atoms with E-state index in [1.165, 1.54) is 32.4 Å². The number of hydrogen-bond acceptors (Lipinski definition) is 5. The van der Waals surface area contributed by atoms with Crippen LogP contribution in [0, 0.1) is 0 Å². The fraction of sp³-hybridized carbons (Fsp3) is 0.400. The molecule has 1 aromatic carbocycles. The minimum Gasteiger partial charge on any atom is -0.383 e. The van der Waals surface area contributed by atoms with Gasteiger partial charge in [0.2, 0.25) is 10.0 Å². The smallest absolute Gasteiger partial charge is 0.261 e. The molecule has 0 fully saturated rings. The van der Waals surface area contributed by atoms with Gasteiger partial charge < -0.3 is 4.74 Å². The molecular weight excluding hydrogens is 314 g/mol. The highest BCUT2D eigenvalue weighted by atomic mass is 35.7. The number of sulfonamides is 1. The van der Waals surface area contributed by atoms with E-state index < -0.39 is 19.1 Å². The van der Waals surface area contributed by atoms with Crippen molar-refractivity contribution in [3.05, 3.63) is 24.3 Å². The van der Waals surface area contributed by atoms with Crippen LogP contribution in [0.15, 0.2) is 34.1 Å². The Labute approximate surface area is 117 Å². The van der Waals surface area contributed by atoms with E-state index >= 15 is 0 Å². The Bertz CT molecular complexity index is 642. The van der Waals surface area contributed by atoms with Crippen LogP contribution in [0.2, 0.25) is 0 Å². The van der Waals surface area contributed by atoms with Crippen LogP contribution in [0.5, 0.6) is 0 Å². The van der Waals surface area contributed by atoms with Gasteiger partial charge in [0.15, 0.2) is 0 Å². The molecule has 0 aromatic heterocycles. The number of likely N-dealkylation sites (N-methyl/N-ethyl adjacent to an activating group) is 1. The largest absolute Gasteiger partial charge is 0.383 e. The lowest BCUT2D eigenvalue weighted by Gasteiger charge is -2.16. The molecule has 1 rings (SSSR count). The zero-order chi connectivity index (χ0) is 14.7. The van der Waals surface area contributed by atoms with Gasteiger partial charge in [-0.15, -0.1) is 0 Å². The van der Waals surface area contributed by atoms with Crippen LogP contribution in [-0.2, 0) is 23.8 Å². The minimum atomic E-state index is -3.96. The van der Waals surface area contributed by atoms with E-state index in [2.05, 4.69) is 0 Å². The molecule has 0 aliphatic carbocycles. The number of ether oxygens (including phenoxy) is 1. The van der Waals surface area contributed by atoms with Crippen LogP contribution in [-0.4, -0.2) is 48.4 Å². The number of rotatable bonds is 6. The number of hydrogen-bond donors (Lipinski definition) is 0. The summed E-state index contributed by atoms with van der Waals surface area (Å²) in [5, 5.41) is 0. The SMILES string of the molecule is COCCN(C)S(=O)(=O)c1cccc(S(=O)(=O)Cl)c1. The molecule has 1 aromatic rings. The number of benzene rings is 1. The Balaban J connectivity index is 3.16. The van der Waals surface area contributed by atoms with Crippen molar-refractivity contribution in [2.45, 2.75) is 9.79 Å². The Kier molecular flexibility index (Phi) is 5.34. The maximum Gasteiger partial charge on any atom is 0.261 e. The van der Waals surface area contributed by atoms with Crippen molar-refractivity contribution in [3.63, 3.8) is 0 Å². The highest BCUT2D eigenvalue weighted by Gasteiger charge is 2.22. The highest BCUT2D eigenvalue weighted by molar-refractivity contribution is 8.13. The topological polar surface area (TPSA) is 80.8 Å². The van der Waals surface area contributed by atoms with Gasteiger partial charge in [0.1, 0.15) is 0 Å². The van der Waals surface area contributed by atoms with Gasteiger partial charge in [-0.1, -0.05) is 6.07 Å². The number of methoxy groups -OCH3 is 1. The lowest BCUT2D eigenvalue weighted by molar-refractivity contribution is 0.185. The summed E-state index contributed by atoms with van der Waals surface area (Å²) in [7, 11) is 0.305. The van der Waals surface area contributed by atoms with Crippen LogP contribution in [0.3, 0.4) is 0 Å². The van der Waals surface area contributed by atoms with Crippen molar-refractivity contribution in [3.8, 4) is 0 Å². The summed E-state index contributed by atoms with van der Waals surface area (Å²) in [5.41, 5.74) is 0. The number of nitrogens with zero attached hydrogens (tertiary/aromatic N) is 1. The van der Waals surface area contributed by atoms with Gasteiger partial charge in [-0.25, -0.2) is 16.8 Å². The fourth-order valence-corrected chi connectivity index (χ4v) is 3.38. The Morgan fingerprint density at radius 3 is 2.32 bits per heavy atom. The highest BCUT2D eigenvalue weighted by Crippen LogP contribution is 2.21. The summed E-state index contributed by atoms with van der Waals surface area (Å²) < 4.78 is 52.6. The second-order valence-corrected chi connectivity index (χ2v) is 8.34. The first kappa shape index (κ1) is 16.4. The van der Waals surface area contributed by atoms with Crippen molar-refractivity contribution in [1.82, 2.24) is 4.31 Å². The first-order chi connectivity index (χ1) is 8.69. The first-order valence-corrected chi connectivity index (χ1v) is 8.94. The van der Waals surface area contributed by atoms with Gasteiger partial charge in [0.05, 0.1) is 16.4 Å². The molecule has 6 nitrogen and oxygen atoms in total. The Morgan fingerprint density at radius 1 is 1.21 bits per heavy atom. The van der Waals surface area contributed by atoms with E-state index in [-0.39, 0.29) is 22.9 Å². The molecule has 0 radical (unpaired) electrons. The lowest BCUT2D eigenvalue weighted by Crippen LogP contribution is -2.30. The lowest BCUT2D eigenvalue weighted by atomic mass is 10.4. The van der Waals surface area contributed by atoms with Gasteiger partial charge >= 0.3 is 0 Å². The summed E-state index contributed by atoms with van der Waals surface area (Å²) in [4.78, 5) is -0.386. The summed E-state index contributed by atoms with van der Waals surface area (Å²) in [6.45, 7) is 0.403. The van der Waals surface area contributed by atoms with Crippen LogP contribution in [0.25, 0.3) is 0 Å². The molecule has 0 unspecified atom stereocenters. The van der Waals surface area contributed by atoms with Crippen molar-refractivity contribution in [2.75, 3.05) is 27.3 Å². The maximum atomic E-state index is 12.1. The van der Waals surface area contributed by atoms with E-state index in [0.717, 1.165) is 10.4 Å². The van der Waals surface area contributed by atoms with E-state index in [1.807, 2.05) is 0 Å². The molecule has 9 heteroatoms. The second-order valence-electron chi connectivity index (χ2n) is 3.73. The minimum absolute atomic E-state index is 0.132. The molecule has 108 valence electrons. The molecule has 0 heterocycles. The Morgan fingerprint density at radius 2 is 1.79 bits per heavy atom. The van der Waals surface area contributed by atoms with Gasteiger partial charge in [-0.3, -0.25) is 0 Å². The standard InChI is InChI=1S/C10H14ClNO5S2/c1-12(6-7-17-2)19(15,16)10-5-3-4-9(8-10)18(11,13)14/h3-5,8H,6-7H2,1-2H3. The average molecular weight is 328 g/mol. The van der Waals surface area contributed by atoms with E-state index in [9.17, 15) is 16.8 Å². The normalized spacial score (nSPS) is 12.8. The number of halogens is 1. The van der Waals surface area contributed by atoms with Crippen LogP contribution in [0.1, 0.15) is 0 Å². The third-order valence-electron chi connectivity index (χ3n) is 2.41. The van der Waals surface area contributed by atoms with Crippen LogP contribution >= 0.6 is 10.7 Å². The van der Waals surface area contributed by atoms with Gasteiger partial charge in [0.25, 0.3) is 9.05 Å². The monoisotopic (exact) mass is 327 g/mol. The summed E-state index contributed by atoms with van der Waals surface area (Å²) in [5.74, 6) is 0. The molecule has 0 saturated heterocycles. The average Bonchev–Trinajstić information content (AvgIpc) is 2.35. The maximum absolute atomic E-state index is 12.1. The molecule has 0 aliphatic heterocycles. The van der Waals surface area contributed by atoms with Gasteiger partial charge in [0, 0.05) is 31.4 Å². The summed E-state index contributed by atoms with van der Waals surface area (Å²) in [6.07, 6.45) is 0. The molecule has 0 bridgehead atoms. The van der Waals surface area contributed by atoms with Crippen molar-refractivity contribution in [1.29, 1.82) is 0 Å². The predicted octanol–water partition coefficient (Wildman–Crippen LogP) is 0.881. The molecular formula is C10H14ClNO5S2. The van der Waals surface area contributed by atoms with Crippen LogP contribution < -0.4 is 0 Å². The van der Waals surface area contributed by atoms with E-state index in [4.69, 9.17) is 15.4 Å². The van der Waals surface area contributed by atoms with Gasteiger partial charge in [-0.05, 0) is 18.2 Å². The molecule has 0 N–H and O–H groups in total. The van der Waals surface area contributed by atoms with E-state index in [1.54, 1.807) is 0 Å². The zero-order valence-electron chi connectivity index (χ0n) is 10.4. The van der Waals surface area contributed by atoms with Crippen molar-refractivity contribution in [2.24, 2.45) is 0 Å². The molecule has 0 saturated carbocycles. The molecule has 19 heavy (non-hydrogen) atoms. The quantitative estimate of drug-likeness (QED) is 0.725. The third-order valence-corrected chi connectivity index (χ3v) is 5.61. The molecule has 0 spiro atoms. The summed E-state index contributed by atoms with van der Waals surface area (Å²) >= 11 is 0. The Hall–Kier alpha value is -0.670. The summed E-state index contributed by atoms with van der Waals surface area (Å²) in [6, 6.07) is 4.90.